The SMILES string of the molecule is CC(=O)N1CC=C(c2ccccn2)N1N. The van der Waals surface area contributed by atoms with Gasteiger partial charge >= 0.3 is 0 Å². The molecule has 0 saturated carbocycles. The van der Waals surface area contributed by atoms with E-state index < -0.39 is 0 Å². The quantitative estimate of drug-likeness (QED) is 0.671. The molecule has 0 unspecified atom stereocenters. The standard InChI is InChI=1S/C10H12N4O/c1-8(15)13-7-5-10(14(13)11)9-4-2-3-6-12-9/h2-6H,7,11H2,1H3. The molecule has 0 atom stereocenters. The van der Waals surface area contributed by atoms with Crippen molar-refractivity contribution in [3.63, 3.8) is 0 Å². The lowest BCUT2D eigenvalue weighted by molar-refractivity contribution is -0.138. The van der Waals surface area contributed by atoms with Crippen molar-refractivity contribution < 1.29 is 4.79 Å². The zero-order chi connectivity index (χ0) is 10.8. The van der Waals surface area contributed by atoms with Gasteiger partial charge in [-0.15, -0.1) is 0 Å². The van der Waals surface area contributed by atoms with Gasteiger partial charge in [0.05, 0.1) is 17.9 Å². The van der Waals surface area contributed by atoms with Crippen molar-refractivity contribution in [1.82, 2.24) is 15.1 Å². The molecule has 0 spiro atoms. The monoisotopic (exact) mass is 204 g/mol. The second kappa shape index (κ2) is 3.70. The predicted octanol–water partition coefficient (Wildman–Crippen LogP) is 0.375. The number of carbonyl (C=O) groups excluding carboxylic acids is 1. The molecule has 1 aliphatic rings. The van der Waals surface area contributed by atoms with E-state index in [4.69, 9.17) is 5.84 Å². The zero-order valence-electron chi connectivity index (χ0n) is 8.42. The Kier molecular flexibility index (Phi) is 2.39. The second-order valence-corrected chi connectivity index (χ2v) is 3.25. The fraction of sp³-hybridized carbons (Fsp3) is 0.200. The first-order valence-corrected chi connectivity index (χ1v) is 4.64. The summed E-state index contributed by atoms with van der Waals surface area (Å²) in [6.45, 7) is 1.98. The molecule has 1 aliphatic heterocycles. The molecular formula is C10H12N4O. The van der Waals surface area contributed by atoms with Crippen LogP contribution in [-0.4, -0.2) is 27.6 Å². The van der Waals surface area contributed by atoms with E-state index in [0.717, 1.165) is 11.4 Å². The van der Waals surface area contributed by atoms with E-state index >= 15 is 0 Å². The molecule has 1 aromatic rings. The first-order valence-electron chi connectivity index (χ1n) is 4.64. The third kappa shape index (κ3) is 1.69. The van der Waals surface area contributed by atoms with Crippen LogP contribution in [0.5, 0.6) is 0 Å². The van der Waals surface area contributed by atoms with Crippen molar-refractivity contribution >= 4 is 11.6 Å². The Morgan fingerprint density at radius 2 is 2.33 bits per heavy atom. The van der Waals surface area contributed by atoms with Crippen molar-refractivity contribution in [1.29, 1.82) is 0 Å². The summed E-state index contributed by atoms with van der Waals surface area (Å²) in [5, 5.41) is 2.79. The molecule has 0 radical (unpaired) electrons. The lowest BCUT2D eigenvalue weighted by Crippen LogP contribution is -2.44. The third-order valence-electron chi connectivity index (χ3n) is 2.26. The van der Waals surface area contributed by atoms with E-state index in [1.807, 2.05) is 24.3 Å². The highest BCUT2D eigenvalue weighted by molar-refractivity contribution is 5.76. The Morgan fingerprint density at radius 1 is 1.53 bits per heavy atom. The molecule has 0 aromatic carbocycles. The van der Waals surface area contributed by atoms with E-state index in [0.29, 0.717) is 6.54 Å². The maximum Gasteiger partial charge on any atom is 0.239 e. The Balaban J connectivity index is 2.24. The lowest BCUT2D eigenvalue weighted by Gasteiger charge is -2.26. The van der Waals surface area contributed by atoms with Crippen molar-refractivity contribution in [3.05, 3.63) is 36.2 Å². The maximum absolute atomic E-state index is 11.2. The van der Waals surface area contributed by atoms with Crippen molar-refractivity contribution in [2.24, 2.45) is 5.84 Å². The van der Waals surface area contributed by atoms with Crippen LogP contribution in [0, 0.1) is 0 Å². The minimum Gasteiger partial charge on any atom is -0.273 e. The summed E-state index contributed by atoms with van der Waals surface area (Å²) in [5.41, 5.74) is 1.52. The van der Waals surface area contributed by atoms with Crippen molar-refractivity contribution in [2.75, 3.05) is 6.54 Å². The summed E-state index contributed by atoms with van der Waals surface area (Å²) in [4.78, 5) is 15.4. The van der Waals surface area contributed by atoms with Gasteiger partial charge in [-0.05, 0) is 18.2 Å². The van der Waals surface area contributed by atoms with Gasteiger partial charge in [0, 0.05) is 13.1 Å². The van der Waals surface area contributed by atoms with Crippen LogP contribution in [0.4, 0.5) is 0 Å². The van der Waals surface area contributed by atoms with Crippen LogP contribution in [0.2, 0.25) is 0 Å². The molecule has 0 fully saturated rings. The number of pyridine rings is 1. The average Bonchev–Trinajstić information content (AvgIpc) is 2.61. The number of nitrogens with two attached hydrogens (primary N) is 1. The molecule has 15 heavy (non-hydrogen) atoms. The van der Waals surface area contributed by atoms with Gasteiger partial charge in [-0.3, -0.25) is 9.78 Å². The minimum atomic E-state index is -0.0836. The van der Waals surface area contributed by atoms with Crippen molar-refractivity contribution in [2.45, 2.75) is 6.92 Å². The van der Waals surface area contributed by atoms with Gasteiger partial charge in [0.2, 0.25) is 5.91 Å². The van der Waals surface area contributed by atoms with Gasteiger partial charge in [-0.1, -0.05) is 6.07 Å². The van der Waals surface area contributed by atoms with Crippen LogP contribution >= 0.6 is 0 Å². The van der Waals surface area contributed by atoms with Crippen molar-refractivity contribution in [3.8, 4) is 0 Å². The number of amides is 1. The topological polar surface area (TPSA) is 62.5 Å². The Labute approximate surface area is 87.7 Å². The predicted molar refractivity (Wildman–Crippen MR) is 55.6 cm³/mol. The first kappa shape index (κ1) is 9.67. The fourth-order valence-electron chi connectivity index (χ4n) is 1.50. The number of rotatable bonds is 1. The number of hydrogen-bond acceptors (Lipinski definition) is 4. The molecule has 1 amide bonds. The normalized spacial score (nSPS) is 15.5. The number of hydrazine groups is 2. The van der Waals surface area contributed by atoms with E-state index in [1.54, 1.807) is 6.20 Å². The van der Waals surface area contributed by atoms with E-state index in [-0.39, 0.29) is 5.91 Å². The second-order valence-electron chi connectivity index (χ2n) is 3.25. The Bertz CT molecular complexity index is 401. The van der Waals surface area contributed by atoms with Gasteiger partial charge < -0.3 is 0 Å². The molecule has 1 aromatic heterocycles. The average molecular weight is 204 g/mol. The summed E-state index contributed by atoms with van der Waals surface area (Å²) < 4.78 is 0. The van der Waals surface area contributed by atoms with Crippen LogP contribution in [0.25, 0.3) is 5.70 Å². The Morgan fingerprint density at radius 3 is 2.87 bits per heavy atom. The fourth-order valence-corrected chi connectivity index (χ4v) is 1.50. The molecule has 5 heteroatoms. The number of carbonyl (C=O) groups is 1. The van der Waals surface area contributed by atoms with Gasteiger partial charge in [0.15, 0.2) is 0 Å². The summed E-state index contributed by atoms with van der Waals surface area (Å²) in [7, 11) is 0. The van der Waals surface area contributed by atoms with Gasteiger partial charge in [0.1, 0.15) is 0 Å². The molecule has 0 saturated heterocycles. The highest BCUT2D eigenvalue weighted by Gasteiger charge is 2.24. The molecule has 5 nitrogen and oxygen atoms in total. The van der Waals surface area contributed by atoms with Gasteiger partial charge in [-0.25, -0.2) is 16.0 Å². The largest absolute Gasteiger partial charge is 0.273 e. The highest BCUT2D eigenvalue weighted by Crippen LogP contribution is 2.21. The van der Waals surface area contributed by atoms with Crippen LogP contribution in [0.1, 0.15) is 12.6 Å². The zero-order valence-corrected chi connectivity index (χ0v) is 8.42. The molecule has 0 bridgehead atoms. The smallest absolute Gasteiger partial charge is 0.239 e. The molecule has 2 N–H and O–H groups in total. The molecule has 2 rings (SSSR count). The van der Waals surface area contributed by atoms with E-state index in [1.165, 1.54) is 17.1 Å². The van der Waals surface area contributed by atoms with E-state index in [2.05, 4.69) is 4.98 Å². The number of aromatic nitrogens is 1. The first-order chi connectivity index (χ1) is 7.20. The lowest BCUT2D eigenvalue weighted by atomic mass is 10.3. The van der Waals surface area contributed by atoms with Crippen LogP contribution < -0.4 is 5.84 Å². The highest BCUT2D eigenvalue weighted by atomic mass is 16.2. The third-order valence-corrected chi connectivity index (χ3v) is 2.26. The summed E-state index contributed by atoms with van der Waals surface area (Å²) in [6, 6.07) is 5.57. The molecule has 2 heterocycles. The number of hydrogen-bond donors (Lipinski definition) is 1. The van der Waals surface area contributed by atoms with Crippen LogP contribution in [0.3, 0.4) is 0 Å². The summed E-state index contributed by atoms with van der Waals surface area (Å²) in [6.07, 6.45) is 3.57. The van der Waals surface area contributed by atoms with Gasteiger partial charge in [0.25, 0.3) is 0 Å². The summed E-state index contributed by atoms with van der Waals surface area (Å²) >= 11 is 0. The van der Waals surface area contributed by atoms with Crippen LogP contribution in [0.15, 0.2) is 30.5 Å². The summed E-state index contributed by atoms with van der Waals surface area (Å²) in [5.74, 6) is 5.70. The minimum absolute atomic E-state index is 0.0836. The van der Waals surface area contributed by atoms with E-state index in [9.17, 15) is 4.79 Å². The Hall–Kier alpha value is -1.88. The van der Waals surface area contributed by atoms with Crippen LogP contribution in [-0.2, 0) is 4.79 Å². The maximum atomic E-state index is 11.2. The molecule has 0 aliphatic carbocycles. The molecular weight excluding hydrogens is 192 g/mol. The number of nitrogens with zero attached hydrogens (tertiary/aromatic N) is 3. The molecule has 78 valence electrons. The van der Waals surface area contributed by atoms with Gasteiger partial charge in [-0.2, -0.15) is 0 Å².